The van der Waals surface area contributed by atoms with Crippen molar-refractivity contribution in [3.05, 3.63) is 497 Å². The van der Waals surface area contributed by atoms with Gasteiger partial charge in [-0.2, -0.15) is 0 Å². The molecule has 0 radical (unpaired) electrons. The first-order valence-electron chi connectivity index (χ1n) is 45.4. The van der Waals surface area contributed by atoms with E-state index in [0.717, 1.165) is 34.1 Å². The van der Waals surface area contributed by atoms with E-state index in [2.05, 4.69) is 525 Å². The molecule has 6 heterocycles. The predicted molar refractivity (Wildman–Crippen MR) is 557 cm³/mol. The monoisotopic (exact) mass is 1680 g/mol. The Kier molecular flexibility index (Phi) is 17.9. The summed E-state index contributed by atoms with van der Waals surface area (Å²) in [5.41, 5.74) is 38.0. The Morgan fingerprint density at radius 3 is 0.470 bits per heavy atom. The van der Waals surface area contributed by atoms with Crippen LogP contribution in [-0.4, -0.2) is 27.4 Å². The van der Waals surface area contributed by atoms with Crippen LogP contribution in [0.25, 0.3) is 243 Å². The highest BCUT2D eigenvalue weighted by Gasteiger charge is 2.25. The smallest absolute Gasteiger partial charge is 0.0542 e. The van der Waals surface area contributed by atoms with Crippen LogP contribution < -0.4 is 0 Å². The lowest BCUT2D eigenvalue weighted by molar-refractivity contribution is 1.17. The van der Waals surface area contributed by atoms with Crippen LogP contribution in [0.15, 0.2) is 497 Å². The molecule has 6 nitrogen and oxygen atoms in total. The second-order valence-corrected chi connectivity index (χ2v) is 34.7. The number of benzene rings is 21. The van der Waals surface area contributed by atoms with Crippen molar-refractivity contribution < 1.29 is 0 Å². The maximum absolute atomic E-state index is 2.46. The maximum Gasteiger partial charge on any atom is 0.0542 e. The first-order valence-corrected chi connectivity index (χ1v) is 45.4. The number of fused-ring (bicyclic) bond motifs is 18. The number of hydrogen-bond donors (Lipinski definition) is 0. The molecule has 0 amide bonds. The Bertz CT molecular complexity index is 9200. The predicted octanol–water partition coefficient (Wildman–Crippen LogP) is 33.6. The molecule has 0 atom stereocenters. The van der Waals surface area contributed by atoms with E-state index in [9.17, 15) is 0 Å². The van der Waals surface area contributed by atoms with Crippen LogP contribution in [0.3, 0.4) is 0 Å². The molecule has 0 spiro atoms. The molecular formula is C126H82N6. The summed E-state index contributed by atoms with van der Waals surface area (Å²) >= 11 is 0. The van der Waals surface area contributed by atoms with E-state index in [0.29, 0.717) is 0 Å². The molecule has 0 saturated carbocycles. The summed E-state index contributed by atoms with van der Waals surface area (Å²) in [7, 11) is 0. The van der Waals surface area contributed by atoms with E-state index >= 15 is 0 Å². The van der Waals surface area contributed by atoms with Crippen LogP contribution in [0.5, 0.6) is 0 Å². The molecule has 0 aliphatic rings. The number of rotatable bonds is 13. The fourth-order valence-corrected chi connectivity index (χ4v) is 21.1. The molecule has 0 bridgehead atoms. The zero-order valence-electron chi connectivity index (χ0n) is 72.0. The largest absolute Gasteiger partial charge is 0.309 e. The number of aromatic nitrogens is 6. The van der Waals surface area contributed by atoms with Gasteiger partial charge in [0.2, 0.25) is 0 Å². The van der Waals surface area contributed by atoms with Gasteiger partial charge in [-0.3, -0.25) is 0 Å². The number of hydrogen-bond acceptors (Lipinski definition) is 0. The molecule has 27 rings (SSSR count). The van der Waals surface area contributed by atoms with E-state index in [1.54, 1.807) is 0 Å². The fraction of sp³-hybridized carbons (Fsp3) is 0. The summed E-state index contributed by atoms with van der Waals surface area (Å²) in [6.07, 6.45) is 0. The molecular weight excluding hydrogens is 1600 g/mol. The van der Waals surface area contributed by atoms with Gasteiger partial charge in [0.1, 0.15) is 0 Å². The van der Waals surface area contributed by atoms with Gasteiger partial charge >= 0.3 is 0 Å². The normalized spacial score (nSPS) is 11.8. The summed E-state index contributed by atoms with van der Waals surface area (Å²) in [4.78, 5) is 0. The van der Waals surface area contributed by atoms with E-state index in [4.69, 9.17) is 0 Å². The van der Waals surface area contributed by atoms with E-state index in [1.807, 2.05) is 0 Å². The van der Waals surface area contributed by atoms with Gasteiger partial charge in [0.25, 0.3) is 0 Å². The highest BCUT2D eigenvalue weighted by atomic mass is 15.0. The summed E-state index contributed by atoms with van der Waals surface area (Å²) in [6.45, 7) is 0. The third-order valence-corrected chi connectivity index (χ3v) is 27.3. The van der Waals surface area contributed by atoms with Crippen LogP contribution >= 0.6 is 0 Å². The molecule has 0 saturated heterocycles. The van der Waals surface area contributed by atoms with Crippen molar-refractivity contribution in [3.8, 4) is 112 Å². The summed E-state index contributed by atoms with van der Waals surface area (Å²) in [5, 5.41) is 14.8. The second kappa shape index (κ2) is 31.2. The molecule has 0 N–H and O–H groups in total. The van der Waals surface area contributed by atoms with Gasteiger partial charge < -0.3 is 27.4 Å². The second-order valence-electron chi connectivity index (χ2n) is 34.7. The van der Waals surface area contributed by atoms with E-state index in [1.165, 1.54) is 209 Å². The van der Waals surface area contributed by atoms with E-state index in [-0.39, 0.29) is 0 Å². The van der Waals surface area contributed by atoms with Gasteiger partial charge in [0.15, 0.2) is 0 Å². The Balaban J connectivity index is 0.000000139. The lowest BCUT2D eigenvalue weighted by Crippen LogP contribution is -1.95. The first-order chi connectivity index (χ1) is 65.5. The quantitative estimate of drug-likeness (QED) is 0.110. The molecule has 0 aliphatic heterocycles. The van der Waals surface area contributed by atoms with E-state index < -0.39 is 0 Å². The Labute approximate surface area is 762 Å². The minimum atomic E-state index is 1.14. The minimum Gasteiger partial charge on any atom is -0.309 e. The lowest BCUT2D eigenvalue weighted by Gasteiger charge is -2.11. The highest BCUT2D eigenvalue weighted by Crippen LogP contribution is 2.47. The zero-order valence-corrected chi connectivity index (χ0v) is 72.0. The molecule has 27 aromatic rings. The highest BCUT2D eigenvalue weighted by molar-refractivity contribution is 6.19. The fourth-order valence-electron chi connectivity index (χ4n) is 21.1. The minimum absolute atomic E-state index is 1.14. The van der Waals surface area contributed by atoms with Gasteiger partial charge in [0, 0.05) is 98.8 Å². The van der Waals surface area contributed by atoms with Crippen molar-refractivity contribution in [3.63, 3.8) is 0 Å². The van der Waals surface area contributed by atoms with Gasteiger partial charge in [-0.1, -0.05) is 303 Å². The molecule has 6 heteroatoms. The van der Waals surface area contributed by atoms with Gasteiger partial charge in [0.05, 0.1) is 66.2 Å². The SMILES string of the molecule is c1ccc(-c2ccc(-n3c4ccc(-c5ccccc5)cc4c4cc(-c5ccc6c(c5)c5cc(-c7ccccc7)ccc5n6-c5ccc6c(c5)c5ccccc5n6-c5ccccc5)ccc43)cc2)cc1.c1ccc(-c2ccc3c(c2)c2cc(-c4ccc5c(c4)c4cc(-c6ccccc6)ccc4n5-c4ccc5c(c4)c4ccccc4n5-c4ccccc4)ccc2n3-c2ccccc2)cc1. The van der Waals surface area contributed by atoms with Crippen molar-refractivity contribution >= 4 is 131 Å². The average molecular weight is 1680 g/mol. The summed E-state index contributed by atoms with van der Waals surface area (Å²) in [5.74, 6) is 0. The van der Waals surface area contributed by atoms with Crippen LogP contribution in [0.2, 0.25) is 0 Å². The molecule has 0 aliphatic carbocycles. The third-order valence-electron chi connectivity index (χ3n) is 27.3. The molecule has 0 fully saturated rings. The molecule has 21 aromatic carbocycles. The standard InChI is InChI=1S/C66H43N3.C60H39N3/c1-5-15-44(16-6-1)47-25-31-53(32-26-47)68-62-34-27-48(45-17-7-2-8-18-45)39-56(62)58-41-50(29-36-63(58)68)51-30-37-65-59(42-51)57-40-49(46-19-9-3-10-20-46)28-35-64(57)69(65)54-33-38-66-60(43-54)55-23-13-14-24-61(55)67(66)52-21-11-4-12-22-52;1-5-15-40(16-6-1)42-25-30-56-50(35-42)52-37-44(27-32-57(52)62(56)47-21-11-4-12-22-47)45-28-33-59-53(38-45)51-36-43(41-17-7-2-8-18-41)26-31-58(51)63(59)48-29-34-60-54(39-48)49-23-13-14-24-55(49)61(60)46-19-9-3-10-20-46/h1-43H;1-39H. The van der Waals surface area contributed by atoms with Crippen molar-refractivity contribution in [2.75, 3.05) is 0 Å². The molecule has 132 heavy (non-hydrogen) atoms. The first kappa shape index (κ1) is 75.7. The maximum atomic E-state index is 2.46. The topological polar surface area (TPSA) is 29.6 Å². The molecule has 6 aromatic heterocycles. The van der Waals surface area contributed by atoms with Gasteiger partial charge in [-0.15, -0.1) is 0 Å². The van der Waals surface area contributed by atoms with Crippen molar-refractivity contribution in [1.82, 2.24) is 27.4 Å². The van der Waals surface area contributed by atoms with Crippen LogP contribution in [0.4, 0.5) is 0 Å². The summed E-state index contributed by atoms with van der Waals surface area (Å²) < 4.78 is 14.5. The Hall–Kier alpha value is -17.6. The average Bonchev–Trinajstić information content (AvgIpc) is 1.57. The van der Waals surface area contributed by atoms with Crippen LogP contribution in [0, 0.1) is 0 Å². The lowest BCUT2D eigenvalue weighted by atomic mass is 9.98. The third kappa shape index (κ3) is 12.6. The Morgan fingerprint density at radius 2 is 0.227 bits per heavy atom. The van der Waals surface area contributed by atoms with Gasteiger partial charge in [-0.25, -0.2) is 0 Å². The summed E-state index contributed by atoms with van der Waals surface area (Å²) in [6, 6.07) is 182. The Morgan fingerprint density at radius 1 is 0.0833 bits per heavy atom. The van der Waals surface area contributed by atoms with Crippen molar-refractivity contribution in [2.45, 2.75) is 0 Å². The molecule has 616 valence electrons. The van der Waals surface area contributed by atoms with Crippen molar-refractivity contribution in [2.24, 2.45) is 0 Å². The number of para-hydroxylation sites is 5. The zero-order chi connectivity index (χ0) is 86.9. The van der Waals surface area contributed by atoms with Crippen molar-refractivity contribution in [1.29, 1.82) is 0 Å². The number of nitrogens with zero attached hydrogens (tertiary/aromatic N) is 6. The van der Waals surface area contributed by atoms with Gasteiger partial charge in [-0.05, 0) is 272 Å². The van der Waals surface area contributed by atoms with Crippen LogP contribution in [0.1, 0.15) is 0 Å². The molecule has 0 unspecified atom stereocenters. The van der Waals surface area contributed by atoms with Crippen LogP contribution in [-0.2, 0) is 0 Å².